The van der Waals surface area contributed by atoms with Gasteiger partial charge in [0.1, 0.15) is 5.52 Å². The molecule has 0 atom stereocenters. The minimum Gasteiger partial charge on any atom is -0.368 e. The molecule has 0 saturated carbocycles. The lowest BCUT2D eigenvalue weighted by Gasteiger charge is -2.08. The zero-order chi connectivity index (χ0) is 13.8. The van der Waals surface area contributed by atoms with E-state index in [0.29, 0.717) is 11.6 Å². The van der Waals surface area contributed by atoms with Gasteiger partial charge in [0.15, 0.2) is 11.5 Å². The third-order valence-electron chi connectivity index (χ3n) is 2.95. The van der Waals surface area contributed by atoms with E-state index in [0.717, 1.165) is 30.8 Å². The second-order valence-electron chi connectivity index (χ2n) is 4.33. The van der Waals surface area contributed by atoms with Crippen LogP contribution in [0.1, 0.15) is 6.42 Å². The molecule has 20 heavy (non-hydrogen) atoms. The van der Waals surface area contributed by atoms with Gasteiger partial charge in [0.05, 0.1) is 12.7 Å². The van der Waals surface area contributed by atoms with Crippen molar-refractivity contribution >= 4 is 22.9 Å². The quantitative estimate of drug-likeness (QED) is 0.581. The van der Waals surface area contributed by atoms with Crippen molar-refractivity contribution in [3.8, 4) is 0 Å². The number of hydrogen-bond donors (Lipinski definition) is 3. The van der Waals surface area contributed by atoms with Crippen molar-refractivity contribution in [3.05, 3.63) is 25.0 Å². The fourth-order valence-electron chi connectivity index (χ4n) is 1.96. The molecule has 8 nitrogen and oxygen atoms in total. The first kappa shape index (κ1) is 12.4. The highest BCUT2D eigenvalue weighted by Crippen LogP contribution is 2.18. The number of rotatable bonds is 6. The normalized spacial score (nSPS) is 10.8. The fourth-order valence-corrected chi connectivity index (χ4v) is 1.96. The van der Waals surface area contributed by atoms with E-state index in [1.54, 1.807) is 19.6 Å². The fraction of sp³-hybridized carbons (Fsp3) is 0.333. The van der Waals surface area contributed by atoms with E-state index in [1.165, 1.54) is 0 Å². The molecule has 0 amide bonds. The van der Waals surface area contributed by atoms with Crippen LogP contribution in [0, 0.1) is 0 Å². The summed E-state index contributed by atoms with van der Waals surface area (Å²) >= 11 is 0. The summed E-state index contributed by atoms with van der Waals surface area (Å²) in [6, 6.07) is 0. The summed E-state index contributed by atoms with van der Waals surface area (Å²) in [6.07, 6.45) is 8.15. The van der Waals surface area contributed by atoms with E-state index in [1.807, 2.05) is 17.1 Å². The maximum Gasteiger partial charge on any atom is 0.226 e. The number of nitrogens with one attached hydrogen (secondary N) is 3. The van der Waals surface area contributed by atoms with Gasteiger partial charge in [-0.2, -0.15) is 9.97 Å². The average molecular weight is 272 g/mol. The first-order chi connectivity index (χ1) is 9.86. The topological polar surface area (TPSA) is 96.3 Å². The Morgan fingerprint density at radius 2 is 2.30 bits per heavy atom. The molecular formula is C12H16N8. The lowest BCUT2D eigenvalue weighted by Crippen LogP contribution is -2.09. The molecule has 104 valence electrons. The summed E-state index contributed by atoms with van der Waals surface area (Å²) in [5, 5.41) is 6.25. The van der Waals surface area contributed by atoms with Crippen molar-refractivity contribution < 1.29 is 0 Å². The van der Waals surface area contributed by atoms with Gasteiger partial charge in [-0.1, -0.05) is 0 Å². The first-order valence-electron chi connectivity index (χ1n) is 6.45. The zero-order valence-corrected chi connectivity index (χ0v) is 11.2. The smallest absolute Gasteiger partial charge is 0.226 e. The van der Waals surface area contributed by atoms with Gasteiger partial charge in [0.25, 0.3) is 0 Å². The maximum absolute atomic E-state index is 4.40. The third-order valence-corrected chi connectivity index (χ3v) is 2.95. The van der Waals surface area contributed by atoms with E-state index in [-0.39, 0.29) is 0 Å². The predicted molar refractivity (Wildman–Crippen MR) is 76.6 cm³/mol. The second kappa shape index (κ2) is 5.55. The third kappa shape index (κ3) is 2.53. The number of fused-ring (bicyclic) bond motifs is 1. The molecule has 3 N–H and O–H groups in total. The number of nitrogens with zero attached hydrogens (tertiary/aromatic N) is 5. The zero-order valence-electron chi connectivity index (χ0n) is 11.2. The van der Waals surface area contributed by atoms with Gasteiger partial charge in [0, 0.05) is 32.5 Å². The molecule has 0 spiro atoms. The van der Waals surface area contributed by atoms with E-state index in [2.05, 4.69) is 35.6 Å². The van der Waals surface area contributed by atoms with Crippen molar-refractivity contribution in [3.63, 3.8) is 0 Å². The number of H-pyrrole nitrogens is 1. The molecule has 0 aliphatic rings. The molecule has 0 unspecified atom stereocenters. The molecule has 0 bridgehead atoms. The van der Waals surface area contributed by atoms with Gasteiger partial charge in [-0.05, 0) is 6.42 Å². The molecule has 0 aliphatic heterocycles. The second-order valence-corrected chi connectivity index (χ2v) is 4.33. The van der Waals surface area contributed by atoms with Gasteiger partial charge in [-0.25, -0.2) is 9.97 Å². The van der Waals surface area contributed by atoms with Crippen LogP contribution in [0.5, 0.6) is 0 Å². The molecular weight excluding hydrogens is 256 g/mol. The SMILES string of the molecule is CNc1nc(NCCCn2ccnc2)c2[nH]cnc2n1. The molecule has 8 heteroatoms. The van der Waals surface area contributed by atoms with Crippen LogP contribution in [0.15, 0.2) is 25.0 Å². The maximum atomic E-state index is 4.40. The molecule has 3 heterocycles. The summed E-state index contributed by atoms with van der Waals surface area (Å²) in [5.74, 6) is 1.32. The van der Waals surface area contributed by atoms with Crippen molar-refractivity contribution in [1.82, 2.24) is 29.5 Å². The number of aryl methyl sites for hydroxylation is 1. The lowest BCUT2D eigenvalue weighted by atomic mass is 10.4. The standard InChI is InChI=1S/C12H16N8/c1-13-12-18-10(9-11(19-12)17-7-16-9)15-3-2-5-20-6-4-14-8-20/h4,6-8H,2-3,5H2,1H3,(H3,13,15,16,17,18,19). The van der Waals surface area contributed by atoms with Crippen LogP contribution in [-0.4, -0.2) is 43.1 Å². The molecule has 0 aliphatic carbocycles. The van der Waals surface area contributed by atoms with Crippen molar-refractivity contribution in [2.24, 2.45) is 0 Å². The molecule has 0 aromatic carbocycles. The van der Waals surface area contributed by atoms with Crippen LogP contribution in [0.25, 0.3) is 11.2 Å². The Labute approximate surface area is 115 Å². The van der Waals surface area contributed by atoms with Gasteiger partial charge in [-0.15, -0.1) is 0 Å². The Morgan fingerprint density at radius 3 is 3.10 bits per heavy atom. The van der Waals surface area contributed by atoms with Gasteiger partial charge in [0.2, 0.25) is 5.95 Å². The highest BCUT2D eigenvalue weighted by molar-refractivity contribution is 5.83. The van der Waals surface area contributed by atoms with Gasteiger partial charge >= 0.3 is 0 Å². The van der Waals surface area contributed by atoms with Gasteiger partial charge in [-0.3, -0.25) is 0 Å². The summed E-state index contributed by atoms with van der Waals surface area (Å²) in [6.45, 7) is 1.73. The Morgan fingerprint density at radius 1 is 1.35 bits per heavy atom. The van der Waals surface area contributed by atoms with Crippen molar-refractivity contribution in [2.45, 2.75) is 13.0 Å². The number of aromatic nitrogens is 6. The Balaban J connectivity index is 1.65. The summed E-state index contributed by atoms with van der Waals surface area (Å²) < 4.78 is 2.05. The first-order valence-corrected chi connectivity index (χ1v) is 6.45. The van der Waals surface area contributed by atoms with Crippen LogP contribution in [0.4, 0.5) is 11.8 Å². The summed E-state index contributed by atoms with van der Waals surface area (Å²) in [4.78, 5) is 19.9. The lowest BCUT2D eigenvalue weighted by molar-refractivity contribution is 0.660. The molecule has 0 radical (unpaired) electrons. The summed E-state index contributed by atoms with van der Waals surface area (Å²) in [7, 11) is 1.79. The Bertz CT molecular complexity index is 672. The molecule has 3 aromatic heterocycles. The van der Waals surface area contributed by atoms with E-state index in [9.17, 15) is 0 Å². The van der Waals surface area contributed by atoms with Crippen LogP contribution >= 0.6 is 0 Å². The number of anilines is 2. The Hall–Kier alpha value is -2.64. The molecule has 0 saturated heterocycles. The summed E-state index contributed by atoms with van der Waals surface area (Å²) in [5.41, 5.74) is 1.48. The molecule has 3 rings (SSSR count). The van der Waals surface area contributed by atoms with Crippen LogP contribution < -0.4 is 10.6 Å². The van der Waals surface area contributed by atoms with Gasteiger partial charge < -0.3 is 20.2 Å². The van der Waals surface area contributed by atoms with Crippen molar-refractivity contribution in [1.29, 1.82) is 0 Å². The van der Waals surface area contributed by atoms with E-state index < -0.39 is 0 Å². The van der Waals surface area contributed by atoms with E-state index in [4.69, 9.17) is 0 Å². The van der Waals surface area contributed by atoms with Crippen LogP contribution in [0.3, 0.4) is 0 Å². The minimum absolute atomic E-state index is 0.557. The van der Waals surface area contributed by atoms with Crippen molar-refractivity contribution in [2.75, 3.05) is 24.2 Å². The molecule has 0 fully saturated rings. The average Bonchev–Trinajstić information content (AvgIpc) is 3.13. The number of aromatic amines is 1. The highest BCUT2D eigenvalue weighted by atomic mass is 15.2. The van der Waals surface area contributed by atoms with Crippen LogP contribution in [-0.2, 0) is 6.54 Å². The number of hydrogen-bond acceptors (Lipinski definition) is 6. The van der Waals surface area contributed by atoms with Crippen LogP contribution in [0.2, 0.25) is 0 Å². The minimum atomic E-state index is 0.557. The monoisotopic (exact) mass is 272 g/mol. The molecule has 3 aromatic rings. The predicted octanol–water partition coefficient (Wildman–Crippen LogP) is 1.09. The largest absolute Gasteiger partial charge is 0.368 e. The highest BCUT2D eigenvalue weighted by Gasteiger charge is 2.08. The number of imidazole rings is 2. The Kier molecular flexibility index (Phi) is 3.44. The van der Waals surface area contributed by atoms with E-state index >= 15 is 0 Å².